The summed E-state index contributed by atoms with van der Waals surface area (Å²) in [5, 5.41) is 13.3. The molecule has 0 fully saturated rings. The van der Waals surface area contributed by atoms with Crippen molar-refractivity contribution in [3.63, 3.8) is 0 Å². The van der Waals surface area contributed by atoms with Crippen LogP contribution in [0.3, 0.4) is 0 Å². The number of nitrogens with zero attached hydrogens (tertiary/aromatic N) is 1. The highest BCUT2D eigenvalue weighted by Gasteiger charge is 2.16. The third kappa shape index (κ3) is 3.47. The van der Waals surface area contributed by atoms with E-state index in [1.165, 1.54) is 11.3 Å². The molecule has 0 aliphatic carbocycles. The Hall–Kier alpha value is -0.610. The summed E-state index contributed by atoms with van der Waals surface area (Å²) >= 11 is 3.68. The molecule has 0 radical (unpaired) electrons. The minimum Gasteiger partial charge on any atom is -0.336 e. The van der Waals surface area contributed by atoms with Crippen LogP contribution in [0.5, 0.6) is 0 Å². The minimum atomic E-state index is -0.421. The van der Waals surface area contributed by atoms with Gasteiger partial charge in [-0.05, 0) is 34.6 Å². The van der Waals surface area contributed by atoms with Crippen LogP contribution in [0.4, 0.5) is 0 Å². The van der Waals surface area contributed by atoms with Gasteiger partial charge in [0.05, 0.1) is 14.5 Å². The van der Waals surface area contributed by atoms with E-state index in [2.05, 4.69) is 34.0 Å². The number of halogens is 1. The van der Waals surface area contributed by atoms with E-state index in [1.807, 2.05) is 19.9 Å². The number of rotatable bonds is 3. The number of hydrogen-bond acceptors (Lipinski definition) is 3. The third-order valence-electron chi connectivity index (χ3n) is 1.92. The van der Waals surface area contributed by atoms with Crippen molar-refractivity contribution in [2.75, 3.05) is 0 Å². The number of nitrogens with one attached hydrogen (secondary N) is 1. The summed E-state index contributed by atoms with van der Waals surface area (Å²) in [4.78, 5) is 11.7. The lowest BCUT2D eigenvalue weighted by Gasteiger charge is -2.13. The Bertz CT molecular complexity index is 394. The van der Waals surface area contributed by atoms with Gasteiger partial charge in [-0.1, -0.05) is 13.8 Å². The molecule has 0 aromatic carbocycles. The molecule has 1 aromatic rings. The second-order valence-corrected chi connectivity index (χ2v) is 6.27. The van der Waals surface area contributed by atoms with Gasteiger partial charge < -0.3 is 5.32 Å². The van der Waals surface area contributed by atoms with Crippen molar-refractivity contribution in [3.05, 3.63) is 19.9 Å². The predicted octanol–water partition coefficient (Wildman–Crippen LogP) is 2.63. The monoisotopic (exact) mass is 334 g/mol. The van der Waals surface area contributed by atoms with Crippen molar-refractivity contribution in [1.29, 1.82) is 5.26 Å². The van der Waals surface area contributed by atoms with Gasteiger partial charge in [0, 0.05) is 5.38 Å². The van der Waals surface area contributed by atoms with Gasteiger partial charge in [0.2, 0.25) is 0 Å². The lowest BCUT2D eigenvalue weighted by atomic mass is 10.1. The fraction of sp³-hybridized carbons (Fsp3) is 0.400. The van der Waals surface area contributed by atoms with E-state index >= 15 is 0 Å². The molecule has 80 valence electrons. The van der Waals surface area contributed by atoms with E-state index in [0.717, 1.165) is 2.88 Å². The van der Waals surface area contributed by atoms with Crippen LogP contribution in [0.15, 0.2) is 11.4 Å². The second-order valence-electron chi connectivity index (χ2n) is 3.46. The Labute approximate surface area is 107 Å². The van der Waals surface area contributed by atoms with Gasteiger partial charge in [0.1, 0.15) is 6.04 Å². The first-order valence-electron chi connectivity index (χ1n) is 4.49. The van der Waals surface area contributed by atoms with Crippen LogP contribution in [-0.4, -0.2) is 11.9 Å². The van der Waals surface area contributed by atoms with Crippen molar-refractivity contribution >= 4 is 39.8 Å². The lowest BCUT2D eigenvalue weighted by molar-refractivity contribution is 0.0938. The predicted molar refractivity (Wildman–Crippen MR) is 68.7 cm³/mol. The molecule has 1 atom stereocenters. The third-order valence-corrected chi connectivity index (χ3v) is 3.71. The highest BCUT2D eigenvalue weighted by Crippen LogP contribution is 2.16. The molecular formula is C10H11IN2OS. The summed E-state index contributed by atoms with van der Waals surface area (Å²) < 4.78 is 1.07. The Balaban J connectivity index is 2.68. The van der Waals surface area contributed by atoms with Gasteiger partial charge in [0.25, 0.3) is 5.91 Å². The van der Waals surface area contributed by atoms with E-state index in [1.54, 1.807) is 5.38 Å². The molecule has 0 aliphatic heterocycles. The van der Waals surface area contributed by atoms with E-state index in [-0.39, 0.29) is 11.8 Å². The van der Waals surface area contributed by atoms with Crippen molar-refractivity contribution in [2.45, 2.75) is 19.9 Å². The SMILES string of the molecule is CC(C)C(C#N)NC(=O)c1csc(I)c1. The maximum absolute atomic E-state index is 11.7. The first-order chi connectivity index (χ1) is 7.04. The van der Waals surface area contributed by atoms with Crippen molar-refractivity contribution < 1.29 is 4.79 Å². The molecular weight excluding hydrogens is 323 g/mol. The van der Waals surface area contributed by atoms with Gasteiger partial charge in [-0.2, -0.15) is 5.26 Å². The van der Waals surface area contributed by atoms with Crippen molar-refractivity contribution in [2.24, 2.45) is 5.92 Å². The summed E-state index contributed by atoms with van der Waals surface area (Å²) in [7, 11) is 0. The molecule has 0 aliphatic rings. The molecule has 0 saturated carbocycles. The average molecular weight is 334 g/mol. The fourth-order valence-corrected chi connectivity index (χ4v) is 2.33. The van der Waals surface area contributed by atoms with Gasteiger partial charge in [0.15, 0.2) is 0 Å². The standard InChI is InChI=1S/C10H11IN2OS/c1-6(2)8(4-12)13-10(14)7-3-9(11)15-5-7/h3,5-6,8H,1-2H3,(H,13,14). The van der Waals surface area contributed by atoms with E-state index in [0.29, 0.717) is 5.56 Å². The fourth-order valence-electron chi connectivity index (χ4n) is 1.00. The largest absolute Gasteiger partial charge is 0.336 e. The van der Waals surface area contributed by atoms with E-state index in [4.69, 9.17) is 5.26 Å². The summed E-state index contributed by atoms with van der Waals surface area (Å²) in [5.41, 5.74) is 0.630. The van der Waals surface area contributed by atoms with Crippen LogP contribution in [0.1, 0.15) is 24.2 Å². The number of nitriles is 1. The lowest BCUT2D eigenvalue weighted by Crippen LogP contribution is -2.37. The van der Waals surface area contributed by atoms with Crippen molar-refractivity contribution in [1.82, 2.24) is 5.32 Å². The number of amides is 1. The van der Waals surface area contributed by atoms with Crippen LogP contribution < -0.4 is 5.32 Å². The number of hydrogen-bond donors (Lipinski definition) is 1. The Kier molecular flexibility index (Phi) is 4.54. The molecule has 0 bridgehead atoms. The minimum absolute atomic E-state index is 0.122. The van der Waals surface area contributed by atoms with Crippen LogP contribution >= 0.6 is 33.9 Å². The van der Waals surface area contributed by atoms with Crippen LogP contribution in [0.25, 0.3) is 0 Å². The molecule has 1 aromatic heterocycles. The van der Waals surface area contributed by atoms with E-state index < -0.39 is 6.04 Å². The van der Waals surface area contributed by atoms with E-state index in [9.17, 15) is 4.79 Å². The number of carbonyl (C=O) groups excluding carboxylic acids is 1. The quantitative estimate of drug-likeness (QED) is 0.864. The van der Waals surface area contributed by atoms with Crippen LogP contribution in [-0.2, 0) is 0 Å². The first-order valence-corrected chi connectivity index (χ1v) is 6.45. The molecule has 3 nitrogen and oxygen atoms in total. The zero-order valence-electron chi connectivity index (χ0n) is 8.45. The Morgan fingerprint density at radius 3 is 2.73 bits per heavy atom. The molecule has 1 unspecified atom stereocenters. The maximum Gasteiger partial charge on any atom is 0.253 e. The normalized spacial score (nSPS) is 12.2. The molecule has 1 heterocycles. The van der Waals surface area contributed by atoms with Crippen LogP contribution in [0, 0.1) is 20.1 Å². The van der Waals surface area contributed by atoms with Gasteiger partial charge in [-0.25, -0.2) is 0 Å². The summed E-state index contributed by atoms with van der Waals surface area (Å²) in [6.07, 6.45) is 0. The molecule has 1 rings (SSSR count). The summed E-state index contributed by atoms with van der Waals surface area (Å²) in [6.45, 7) is 3.82. The van der Waals surface area contributed by atoms with Gasteiger partial charge >= 0.3 is 0 Å². The summed E-state index contributed by atoms with van der Waals surface area (Å²) in [5.74, 6) is -0.0499. The maximum atomic E-state index is 11.7. The smallest absolute Gasteiger partial charge is 0.253 e. The molecule has 5 heteroatoms. The van der Waals surface area contributed by atoms with Gasteiger partial charge in [-0.15, -0.1) is 11.3 Å². The molecule has 1 N–H and O–H groups in total. The zero-order valence-corrected chi connectivity index (χ0v) is 11.4. The number of carbonyl (C=O) groups is 1. The molecule has 1 amide bonds. The Morgan fingerprint density at radius 1 is 1.67 bits per heavy atom. The van der Waals surface area contributed by atoms with Crippen molar-refractivity contribution in [3.8, 4) is 6.07 Å². The summed E-state index contributed by atoms with van der Waals surface area (Å²) in [6, 6.07) is 3.47. The van der Waals surface area contributed by atoms with Crippen LogP contribution in [0.2, 0.25) is 0 Å². The first kappa shape index (κ1) is 12.5. The average Bonchev–Trinajstić information content (AvgIpc) is 2.60. The Morgan fingerprint density at radius 2 is 2.33 bits per heavy atom. The topological polar surface area (TPSA) is 52.9 Å². The zero-order chi connectivity index (χ0) is 11.4. The molecule has 15 heavy (non-hydrogen) atoms. The highest BCUT2D eigenvalue weighted by molar-refractivity contribution is 14.1. The van der Waals surface area contributed by atoms with Gasteiger partial charge in [-0.3, -0.25) is 4.79 Å². The molecule has 0 saturated heterocycles. The second kappa shape index (κ2) is 5.47. The highest BCUT2D eigenvalue weighted by atomic mass is 127. The molecule has 0 spiro atoms. The number of thiophene rings is 1.